The summed E-state index contributed by atoms with van der Waals surface area (Å²) >= 11 is 7.32. The van der Waals surface area contributed by atoms with E-state index in [9.17, 15) is 12.8 Å². The predicted octanol–water partition coefficient (Wildman–Crippen LogP) is 4.69. The summed E-state index contributed by atoms with van der Waals surface area (Å²) in [5.74, 6) is -0.907. The third-order valence-electron chi connectivity index (χ3n) is 3.81. The number of aromatic nitrogens is 2. The summed E-state index contributed by atoms with van der Waals surface area (Å²) in [6.45, 7) is 1.97. The molecule has 0 aliphatic rings. The maximum absolute atomic E-state index is 14.6. The fourth-order valence-corrected chi connectivity index (χ4v) is 4.65. The number of anilines is 2. The first-order valence-corrected chi connectivity index (χ1v) is 10.7. The SMILES string of the molecule is CCC(Nc1cc(F)c(S(=O)(=O)Nc2nccs2)cc1Cl)c1ccncc1. The van der Waals surface area contributed by atoms with E-state index in [1.807, 2.05) is 19.1 Å². The molecule has 27 heavy (non-hydrogen) atoms. The van der Waals surface area contributed by atoms with Crippen molar-refractivity contribution < 1.29 is 12.8 Å². The van der Waals surface area contributed by atoms with Crippen molar-refractivity contribution in [2.75, 3.05) is 10.0 Å². The van der Waals surface area contributed by atoms with Crippen molar-refractivity contribution in [3.05, 3.63) is 64.6 Å². The Morgan fingerprint density at radius 1 is 1.26 bits per heavy atom. The summed E-state index contributed by atoms with van der Waals surface area (Å²) in [5, 5.41) is 5.01. The molecule has 142 valence electrons. The second kappa shape index (κ2) is 8.20. The number of hydrogen-bond donors (Lipinski definition) is 2. The van der Waals surface area contributed by atoms with Crippen molar-refractivity contribution in [1.82, 2.24) is 9.97 Å². The van der Waals surface area contributed by atoms with Gasteiger partial charge in [0, 0.05) is 24.0 Å². The van der Waals surface area contributed by atoms with E-state index >= 15 is 0 Å². The summed E-state index contributed by atoms with van der Waals surface area (Å²) in [5.41, 5.74) is 1.28. The van der Waals surface area contributed by atoms with E-state index in [1.54, 1.807) is 17.8 Å². The molecule has 1 aromatic carbocycles. The molecule has 0 bridgehead atoms. The zero-order chi connectivity index (χ0) is 19.4. The number of sulfonamides is 1. The molecule has 1 unspecified atom stereocenters. The van der Waals surface area contributed by atoms with Crippen LogP contribution in [0.4, 0.5) is 15.2 Å². The molecule has 0 amide bonds. The van der Waals surface area contributed by atoms with Gasteiger partial charge in [0.25, 0.3) is 10.0 Å². The second-order valence-electron chi connectivity index (χ2n) is 5.59. The smallest absolute Gasteiger partial charge is 0.266 e. The number of nitrogens with one attached hydrogen (secondary N) is 2. The quantitative estimate of drug-likeness (QED) is 0.572. The van der Waals surface area contributed by atoms with E-state index in [-0.39, 0.29) is 16.2 Å². The highest BCUT2D eigenvalue weighted by atomic mass is 35.5. The summed E-state index contributed by atoms with van der Waals surface area (Å²) in [6.07, 6.45) is 5.50. The maximum Gasteiger partial charge on any atom is 0.266 e. The Labute approximate surface area is 165 Å². The predicted molar refractivity (Wildman–Crippen MR) is 105 cm³/mol. The highest BCUT2D eigenvalue weighted by molar-refractivity contribution is 7.93. The van der Waals surface area contributed by atoms with E-state index in [0.717, 1.165) is 29.0 Å². The first kappa shape index (κ1) is 19.5. The standard InChI is InChI=1S/C17H16ClFN4O2S2/c1-2-14(11-3-5-20-6-4-11)22-15-10-13(19)16(9-12(15)18)27(24,25)23-17-21-7-8-26-17/h3-10,14,22H,2H2,1H3,(H,21,23). The van der Waals surface area contributed by atoms with Crippen LogP contribution in [0.15, 0.2) is 53.1 Å². The van der Waals surface area contributed by atoms with E-state index in [0.29, 0.717) is 12.1 Å². The van der Waals surface area contributed by atoms with Gasteiger partial charge in [-0.3, -0.25) is 9.71 Å². The minimum Gasteiger partial charge on any atom is -0.377 e. The van der Waals surface area contributed by atoms with Crippen LogP contribution in [0.3, 0.4) is 0 Å². The Hall–Kier alpha value is -2.23. The van der Waals surface area contributed by atoms with Crippen LogP contribution >= 0.6 is 22.9 Å². The summed E-state index contributed by atoms with van der Waals surface area (Å²) in [7, 11) is -4.14. The van der Waals surface area contributed by atoms with Gasteiger partial charge in [-0.2, -0.15) is 0 Å². The van der Waals surface area contributed by atoms with Crippen LogP contribution in [0.5, 0.6) is 0 Å². The van der Waals surface area contributed by atoms with Gasteiger partial charge in [0.2, 0.25) is 0 Å². The van der Waals surface area contributed by atoms with Gasteiger partial charge >= 0.3 is 0 Å². The average molecular weight is 427 g/mol. The molecule has 0 radical (unpaired) electrons. The van der Waals surface area contributed by atoms with Crippen LogP contribution in [0, 0.1) is 5.82 Å². The number of halogens is 2. The van der Waals surface area contributed by atoms with Gasteiger partial charge < -0.3 is 5.32 Å². The monoisotopic (exact) mass is 426 g/mol. The van der Waals surface area contributed by atoms with Crippen LogP contribution in [0.2, 0.25) is 5.02 Å². The Bertz CT molecular complexity index is 1010. The van der Waals surface area contributed by atoms with Crippen LogP contribution in [0.25, 0.3) is 0 Å². The molecule has 10 heteroatoms. The molecule has 0 spiro atoms. The normalized spacial score (nSPS) is 12.6. The van der Waals surface area contributed by atoms with Crippen molar-refractivity contribution >= 4 is 43.8 Å². The molecule has 6 nitrogen and oxygen atoms in total. The van der Waals surface area contributed by atoms with Crippen molar-refractivity contribution in [2.45, 2.75) is 24.3 Å². The topological polar surface area (TPSA) is 84.0 Å². The molecular formula is C17H16ClFN4O2S2. The third kappa shape index (κ3) is 4.55. The van der Waals surface area contributed by atoms with Crippen molar-refractivity contribution in [1.29, 1.82) is 0 Å². The van der Waals surface area contributed by atoms with Gasteiger partial charge in [-0.1, -0.05) is 18.5 Å². The number of hydrogen-bond acceptors (Lipinski definition) is 6. The first-order chi connectivity index (χ1) is 12.9. The Morgan fingerprint density at radius 2 is 2.00 bits per heavy atom. The highest BCUT2D eigenvalue weighted by Gasteiger charge is 2.23. The molecule has 1 atom stereocenters. The van der Waals surface area contributed by atoms with Gasteiger partial charge in [0.1, 0.15) is 10.7 Å². The van der Waals surface area contributed by atoms with Crippen molar-refractivity contribution in [3.8, 4) is 0 Å². The van der Waals surface area contributed by atoms with Crippen LogP contribution in [-0.2, 0) is 10.0 Å². The molecule has 3 rings (SSSR count). The lowest BCUT2D eigenvalue weighted by Crippen LogP contribution is -2.15. The Morgan fingerprint density at radius 3 is 2.63 bits per heavy atom. The number of nitrogens with zero attached hydrogens (tertiary/aromatic N) is 2. The Balaban J connectivity index is 1.88. The van der Waals surface area contributed by atoms with Gasteiger partial charge in [-0.05, 0) is 36.2 Å². The molecule has 2 heterocycles. The Kier molecular flexibility index (Phi) is 5.93. The number of thiazole rings is 1. The van der Waals surface area contributed by atoms with Gasteiger partial charge in [-0.25, -0.2) is 17.8 Å². The number of rotatable bonds is 7. The molecule has 0 fully saturated rings. The zero-order valence-electron chi connectivity index (χ0n) is 14.2. The number of benzene rings is 1. The van der Waals surface area contributed by atoms with E-state index in [1.165, 1.54) is 6.20 Å². The minimum atomic E-state index is -4.14. The molecule has 2 N–H and O–H groups in total. The lowest BCUT2D eigenvalue weighted by atomic mass is 10.1. The zero-order valence-corrected chi connectivity index (χ0v) is 16.6. The van der Waals surface area contributed by atoms with Gasteiger partial charge in [0.15, 0.2) is 5.13 Å². The fourth-order valence-electron chi connectivity index (χ4n) is 2.49. The van der Waals surface area contributed by atoms with E-state index < -0.39 is 20.7 Å². The van der Waals surface area contributed by atoms with Crippen molar-refractivity contribution in [3.63, 3.8) is 0 Å². The molecule has 0 aliphatic carbocycles. The molecule has 0 saturated heterocycles. The maximum atomic E-state index is 14.6. The van der Waals surface area contributed by atoms with Gasteiger partial charge in [-0.15, -0.1) is 11.3 Å². The third-order valence-corrected chi connectivity index (χ3v) is 6.30. The average Bonchev–Trinajstić information content (AvgIpc) is 3.15. The summed E-state index contributed by atoms with van der Waals surface area (Å²) < 4.78 is 41.6. The molecule has 2 aromatic heterocycles. The van der Waals surface area contributed by atoms with Crippen LogP contribution in [0.1, 0.15) is 24.9 Å². The molecule has 0 aliphatic heterocycles. The number of pyridine rings is 1. The minimum absolute atomic E-state index is 0.100. The molecule has 0 saturated carbocycles. The highest BCUT2D eigenvalue weighted by Crippen LogP contribution is 2.32. The fraction of sp³-hybridized carbons (Fsp3) is 0.176. The van der Waals surface area contributed by atoms with Gasteiger partial charge in [0.05, 0.1) is 16.8 Å². The van der Waals surface area contributed by atoms with E-state index in [4.69, 9.17) is 11.6 Å². The summed E-state index contributed by atoms with van der Waals surface area (Å²) in [4.78, 5) is 7.28. The van der Waals surface area contributed by atoms with E-state index in [2.05, 4.69) is 20.0 Å². The lowest BCUT2D eigenvalue weighted by Gasteiger charge is -2.20. The molecule has 3 aromatic rings. The second-order valence-corrected chi connectivity index (χ2v) is 8.54. The largest absolute Gasteiger partial charge is 0.377 e. The summed E-state index contributed by atoms with van der Waals surface area (Å²) in [6, 6.07) is 5.75. The van der Waals surface area contributed by atoms with Crippen LogP contribution < -0.4 is 10.0 Å². The van der Waals surface area contributed by atoms with Crippen molar-refractivity contribution in [2.24, 2.45) is 0 Å². The first-order valence-electron chi connectivity index (χ1n) is 7.98. The molecular weight excluding hydrogens is 411 g/mol. The lowest BCUT2D eigenvalue weighted by molar-refractivity contribution is 0.570. The van der Waals surface area contributed by atoms with Crippen LogP contribution in [-0.4, -0.2) is 18.4 Å².